The molecule has 0 aromatic rings. The number of fused-ring (bicyclic) bond motifs is 3. The van der Waals surface area contributed by atoms with Crippen LogP contribution in [0, 0.1) is 40.4 Å². The third-order valence-corrected chi connectivity index (χ3v) is 8.32. The van der Waals surface area contributed by atoms with E-state index in [-0.39, 0.29) is 23.5 Å². The number of aliphatic hydroxyl groups is 2. The van der Waals surface area contributed by atoms with E-state index in [2.05, 4.69) is 18.3 Å². The highest BCUT2D eigenvalue weighted by molar-refractivity contribution is 6.32. The summed E-state index contributed by atoms with van der Waals surface area (Å²) in [5, 5.41) is 22.5. The van der Waals surface area contributed by atoms with E-state index in [0.29, 0.717) is 5.92 Å². The lowest BCUT2D eigenvalue weighted by Crippen LogP contribution is -2.50. The predicted octanol–water partition coefficient (Wildman–Crippen LogP) is 1.80. The fourth-order valence-electron chi connectivity index (χ4n) is 6.84. The minimum Gasteiger partial charge on any atom is -0.391 e. The zero-order valence-corrected chi connectivity index (χ0v) is 18.2. The van der Waals surface area contributed by atoms with Crippen molar-refractivity contribution in [3.05, 3.63) is 24.3 Å². The van der Waals surface area contributed by atoms with Crippen LogP contribution in [0.3, 0.4) is 0 Å². The molecule has 4 aliphatic rings. The van der Waals surface area contributed by atoms with Crippen molar-refractivity contribution in [2.24, 2.45) is 40.4 Å². The van der Waals surface area contributed by atoms with Gasteiger partial charge in [-0.25, -0.2) is 0 Å². The second-order valence-corrected chi connectivity index (χ2v) is 10.2. The zero-order chi connectivity index (χ0) is 22.0. The van der Waals surface area contributed by atoms with Crippen LogP contribution in [0.5, 0.6) is 0 Å². The number of rotatable bonds is 3. The van der Waals surface area contributed by atoms with Gasteiger partial charge in [0.05, 0.1) is 12.2 Å². The SMILES string of the molecule is C[C@@H]1CC[C@@H]2[C@H](C=C[C@H]3[C@H](C=C[C@@H](C)O)[C@@]4(C(=O)N[C@@H]([C@@H](C)O)C4=O)C(=O)[C@@]23C)C1. The van der Waals surface area contributed by atoms with Crippen LogP contribution in [0.15, 0.2) is 24.3 Å². The molecule has 3 N–H and O–H groups in total. The molecule has 4 rings (SSSR count). The van der Waals surface area contributed by atoms with Gasteiger partial charge in [-0.3, -0.25) is 14.4 Å². The topological polar surface area (TPSA) is 104 Å². The standard InChI is InChI=1S/C24H33NO5/c1-12-5-8-16-15(11-12)7-10-17-18(9-6-13(2)26)24(21(29)23(16,17)4)20(28)19(14(3)27)25-22(24)30/h6-7,9-10,12-19,26-27H,5,8,11H2,1-4H3,(H,25,30)/t12-,13-,14-,15-,16-,17+,18+,19+,23+,24+/m1/s1. The van der Waals surface area contributed by atoms with E-state index in [1.807, 2.05) is 13.0 Å². The normalized spacial score (nSPS) is 47.5. The molecule has 1 spiro atoms. The van der Waals surface area contributed by atoms with Crippen LogP contribution in [0.25, 0.3) is 0 Å². The minimum absolute atomic E-state index is 0.0872. The molecule has 0 bridgehead atoms. The van der Waals surface area contributed by atoms with Gasteiger partial charge in [0.2, 0.25) is 5.91 Å². The molecule has 6 nitrogen and oxygen atoms in total. The zero-order valence-electron chi connectivity index (χ0n) is 18.2. The van der Waals surface area contributed by atoms with E-state index in [0.717, 1.165) is 19.3 Å². The van der Waals surface area contributed by atoms with Crippen LogP contribution in [0.4, 0.5) is 0 Å². The average Bonchev–Trinajstić information content (AvgIpc) is 3.05. The fourth-order valence-corrected chi connectivity index (χ4v) is 6.84. The number of Topliss-reactive ketones (excluding diaryl/α,β-unsaturated/α-hetero) is 2. The lowest BCUT2D eigenvalue weighted by Gasteiger charge is -2.48. The molecule has 164 valence electrons. The maximum atomic E-state index is 14.2. The number of aliphatic hydroxyl groups excluding tert-OH is 2. The molecular weight excluding hydrogens is 382 g/mol. The summed E-state index contributed by atoms with van der Waals surface area (Å²) < 4.78 is 0. The van der Waals surface area contributed by atoms with E-state index in [4.69, 9.17) is 0 Å². The second-order valence-electron chi connectivity index (χ2n) is 10.2. The Bertz CT molecular complexity index is 829. The first kappa shape index (κ1) is 21.4. The highest BCUT2D eigenvalue weighted by atomic mass is 16.3. The maximum Gasteiger partial charge on any atom is 0.242 e. The molecular formula is C24H33NO5. The molecule has 1 aliphatic heterocycles. The first-order valence-electron chi connectivity index (χ1n) is 11.2. The molecule has 0 unspecified atom stereocenters. The first-order valence-corrected chi connectivity index (χ1v) is 11.2. The van der Waals surface area contributed by atoms with Crippen molar-refractivity contribution in [2.45, 2.75) is 65.2 Å². The Morgan fingerprint density at radius 1 is 1.17 bits per heavy atom. The van der Waals surface area contributed by atoms with E-state index in [1.165, 1.54) is 6.92 Å². The first-order chi connectivity index (χ1) is 14.1. The van der Waals surface area contributed by atoms with Gasteiger partial charge in [-0.05, 0) is 50.4 Å². The van der Waals surface area contributed by atoms with Crippen molar-refractivity contribution in [3.63, 3.8) is 0 Å². The summed E-state index contributed by atoms with van der Waals surface area (Å²) in [6.07, 6.45) is 8.58. The van der Waals surface area contributed by atoms with Gasteiger partial charge in [-0.1, -0.05) is 44.6 Å². The maximum absolute atomic E-state index is 14.2. The lowest BCUT2D eigenvalue weighted by atomic mass is 9.55. The van der Waals surface area contributed by atoms with Gasteiger partial charge in [-0.15, -0.1) is 0 Å². The number of allylic oxidation sites excluding steroid dienone is 3. The van der Waals surface area contributed by atoms with Gasteiger partial charge >= 0.3 is 0 Å². The molecule has 10 atom stereocenters. The Morgan fingerprint density at radius 3 is 2.47 bits per heavy atom. The molecule has 2 saturated carbocycles. The van der Waals surface area contributed by atoms with Crippen LogP contribution in [-0.2, 0) is 14.4 Å². The average molecular weight is 416 g/mol. The van der Waals surface area contributed by atoms with Crippen molar-refractivity contribution in [2.75, 3.05) is 0 Å². The summed E-state index contributed by atoms with van der Waals surface area (Å²) in [4.78, 5) is 41.0. The van der Waals surface area contributed by atoms with Gasteiger partial charge in [0, 0.05) is 11.3 Å². The van der Waals surface area contributed by atoms with Crippen molar-refractivity contribution >= 4 is 17.5 Å². The Labute approximate surface area is 177 Å². The number of nitrogens with one attached hydrogen (secondary N) is 1. The van der Waals surface area contributed by atoms with Crippen LogP contribution in [0.1, 0.15) is 47.0 Å². The number of hydrogen-bond donors (Lipinski definition) is 3. The number of carbonyl (C=O) groups is 3. The summed E-state index contributed by atoms with van der Waals surface area (Å²) in [6, 6.07) is -1.08. The quantitative estimate of drug-likeness (QED) is 0.482. The van der Waals surface area contributed by atoms with Crippen molar-refractivity contribution < 1.29 is 24.6 Å². The Morgan fingerprint density at radius 2 is 1.87 bits per heavy atom. The Hall–Kier alpha value is -1.79. The minimum atomic E-state index is -1.84. The van der Waals surface area contributed by atoms with E-state index in [1.54, 1.807) is 19.1 Å². The van der Waals surface area contributed by atoms with Crippen LogP contribution in [0.2, 0.25) is 0 Å². The summed E-state index contributed by atoms with van der Waals surface area (Å²) in [7, 11) is 0. The van der Waals surface area contributed by atoms with Gasteiger partial charge in [0.15, 0.2) is 17.0 Å². The van der Waals surface area contributed by atoms with Crippen molar-refractivity contribution in [1.82, 2.24) is 5.32 Å². The molecule has 0 aromatic carbocycles. The Kier molecular flexibility index (Phi) is 5.09. The fraction of sp³-hybridized carbons (Fsp3) is 0.708. The largest absolute Gasteiger partial charge is 0.391 e. The van der Waals surface area contributed by atoms with E-state index in [9.17, 15) is 24.6 Å². The molecule has 0 aromatic heterocycles. The van der Waals surface area contributed by atoms with Crippen LogP contribution >= 0.6 is 0 Å². The molecule has 3 aliphatic carbocycles. The molecule has 30 heavy (non-hydrogen) atoms. The molecule has 3 fully saturated rings. The third kappa shape index (κ3) is 2.65. The van der Waals surface area contributed by atoms with Crippen LogP contribution in [-0.4, -0.2) is 45.9 Å². The molecule has 6 heteroatoms. The number of ketones is 2. The molecule has 1 saturated heterocycles. The number of hydrogen-bond acceptors (Lipinski definition) is 5. The smallest absolute Gasteiger partial charge is 0.242 e. The number of carbonyl (C=O) groups excluding carboxylic acids is 3. The molecule has 1 amide bonds. The van der Waals surface area contributed by atoms with Gasteiger partial charge in [0.25, 0.3) is 0 Å². The van der Waals surface area contributed by atoms with Gasteiger partial charge in [-0.2, -0.15) is 0 Å². The third-order valence-electron chi connectivity index (χ3n) is 8.32. The second kappa shape index (κ2) is 7.13. The molecule has 0 radical (unpaired) electrons. The van der Waals surface area contributed by atoms with Crippen molar-refractivity contribution in [3.8, 4) is 0 Å². The molecule has 1 heterocycles. The predicted molar refractivity (Wildman–Crippen MR) is 111 cm³/mol. The Balaban J connectivity index is 1.88. The highest BCUT2D eigenvalue weighted by Gasteiger charge is 2.76. The number of amides is 1. The van der Waals surface area contributed by atoms with Crippen molar-refractivity contribution in [1.29, 1.82) is 0 Å². The van der Waals surface area contributed by atoms with Gasteiger partial charge in [0.1, 0.15) is 6.04 Å². The summed E-state index contributed by atoms with van der Waals surface area (Å²) in [6.45, 7) is 7.22. The highest BCUT2D eigenvalue weighted by Crippen LogP contribution is 2.65. The monoisotopic (exact) mass is 415 g/mol. The lowest BCUT2D eigenvalue weighted by molar-refractivity contribution is -0.149. The summed E-state index contributed by atoms with van der Waals surface area (Å²) in [5.74, 6) is -1.46. The van der Waals surface area contributed by atoms with Gasteiger partial charge < -0.3 is 15.5 Å². The van der Waals surface area contributed by atoms with E-state index >= 15 is 0 Å². The summed E-state index contributed by atoms with van der Waals surface area (Å²) >= 11 is 0. The summed E-state index contributed by atoms with van der Waals surface area (Å²) in [5.41, 5.74) is -2.66. The van der Waals surface area contributed by atoms with E-state index < -0.39 is 46.7 Å². The van der Waals surface area contributed by atoms with Crippen LogP contribution < -0.4 is 5.32 Å².